The summed E-state index contributed by atoms with van der Waals surface area (Å²) < 4.78 is 10.9. The van der Waals surface area contributed by atoms with Gasteiger partial charge >= 0.3 is 0 Å². The monoisotopic (exact) mass is 216 g/mol. The van der Waals surface area contributed by atoms with Gasteiger partial charge in [0.2, 0.25) is 0 Å². The molecule has 0 aliphatic carbocycles. The summed E-state index contributed by atoms with van der Waals surface area (Å²) in [7, 11) is 1.73. The standard InChI is InChI=1S/C11H24N2O2/c1-10-9-13(5-3-7-15-10)6-4-11(8-12)14-2/h10-11H,3-9,12H2,1-2H3. The van der Waals surface area contributed by atoms with E-state index in [9.17, 15) is 0 Å². The third kappa shape index (κ3) is 4.93. The Hall–Kier alpha value is -0.160. The summed E-state index contributed by atoms with van der Waals surface area (Å²) in [4.78, 5) is 2.44. The fourth-order valence-electron chi connectivity index (χ4n) is 1.94. The molecule has 1 fully saturated rings. The Kier molecular flexibility index (Phi) is 6.17. The van der Waals surface area contributed by atoms with Gasteiger partial charge in [-0.2, -0.15) is 0 Å². The third-order valence-corrected chi connectivity index (χ3v) is 2.90. The van der Waals surface area contributed by atoms with Crippen LogP contribution in [0.4, 0.5) is 0 Å². The SMILES string of the molecule is COC(CN)CCN1CCCOC(C)C1. The van der Waals surface area contributed by atoms with Crippen molar-refractivity contribution in [1.82, 2.24) is 4.90 Å². The minimum Gasteiger partial charge on any atom is -0.380 e. The zero-order valence-electron chi connectivity index (χ0n) is 9.95. The van der Waals surface area contributed by atoms with Crippen molar-refractivity contribution >= 4 is 0 Å². The number of methoxy groups -OCH3 is 1. The van der Waals surface area contributed by atoms with Gasteiger partial charge in [0, 0.05) is 39.9 Å². The smallest absolute Gasteiger partial charge is 0.0705 e. The summed E-state index contributed by atoms with van der Waals surface area (Å²) in [5.74, 6) is 0. The lowest BCUT2D eigenvalue weighted by molar-refractivity contribution is 0.0600. The molecular formula is C11H24N2O2. The Balaban J connectivity index is 2.23. The molecule has 0 radical (unpaired) electrons. The highest BCUT2D eigenvalue weighted by molar-refractivity contribution is 4.69. The summed E-state index contributed by atoms with van der Waals surface area (Å²) in [5.41, 5.74) is 5.59. The van der Waals surface area contributed by atoms with E-state index in [1.54, 1.807) is 7.11 Å². The van der Waals surface area contributed by atoms with Gasteiger partial charge in [0.1, 0.15) is 0 Å². The highest BCUT2D eigenvalue weighted by atomic mass is 16.5. The van der Waals surface area contributed by atoms with E-state index in [-0.39, 0.29) is 6.10 Å². The second-order valence-corrected chi connectivity index (χ2v) is 4.22. The van der Waals surface area contributed by atoms with Crippen LogP contribution in [-0.2, 0) is 9.47 Å². The molecule has 0 spiro atoms. The number of ether oxygens (including phenoxy) is 2. The van der Waals surface area contributed by atoms with E-state index in [1.165, 1.54) is 0 Å². The quantitative estimate of drug-likeness (QED) is 0.725. The molecule has 4 heteroatoms. The van der Waals surface area contributed by atoms with Crippen molar-refractivity contribution in [2.45, 2.75) is 32.0 Å². The normalized spacial score (nSPS) is 26.2. The van der Waals surface area contributed by atoms with Crippen LogP contribution in [0.1, 0.15) is 19.8 Å². The number of hydrogen-bond acceptors (Lipinski definition) is 4. The fourth-order valence-corrected chi connectivity index (χ4v) is 1.94. The number of hydrogen-bond donors (Lipinski definition) is 1. The first-order chi connectivity index (χ1) is 7.26. The molecule has 1 rings (SSSR count). The van der Waals surface area contributed by atoms with E-state index in [0.717, 1.165) is 39.1 Å². The predicted molar refractivity (Wildman–Crippen MR) is 60.9 cm³/mol. The van der Waals surface area contributed by atoms with Crippen molar-refractivity contribution < 1.29 is 9.47 Å². The van der Waals surface area contributed by atoms with Gasteiger partial charge in [-0.25, -0.2) is 0 Å². The largest absolute Gasteiger partial charge is 0.380 e. The van der Waals surface area contributed by atoms with E-state index in [0.29, 0.717) is 12.6 Å². The van der Waals surface area contributed by atoms with E-state index >= 15 is 0 Å². The number of nitrogens with zero attached hydrogens (tertiary/aromatic N) is 1. The maximum atomic E-state index is 5.59. The average molecular weight is 216 g/mol. The third-order valence-electron chi connectivity index (χ3n) is 2.90. The Labute approximate surface area is 92.7 Å². The Bertz CT molecular complexity index is 163. The molecule has 0 aromatic heterocycles. The van der Waals surface area contributed by atoms with Crippen LogP contribution < -0.4 is 5.73 Å². The molecule has 1 aliphatic rings. The maximum Gasteiger partial charge on any atom is 0.0705 e. The van der Waals surface area contributed by atoms with E-state index in [1.807, 2.05) is 0 Å². The molecule has 0 saturated carbocycles. The van der Waals surface area contributed by atoms with Gasteiger partial charge < -0.3 is 20.1 Å². The van der Waals surface area contributed by atoms with Crippen LogP contribution in [0, 0.1) is 0 Å². The summed E-state index contributed by atoms with van der Waals surface area (Å²) >= 11 is 0. The Morgan fingerprint density at radius 2 is 2.40 bits per heavy atom. The van der Waals surface area contributed by atoms with Gasteiger partial charge in [0.25, 0.3) is 0 Å². The molecule has 2 atom stereocenters. The van der Waals surface area contributed by atoms with Crippen LogP contribution in [0.25, 0.3) is 0 Å². The lowest BCUT2D eigenvalue weighted by Gasteiger charge is -2.23. The van der Waals surface area contributed by atoms with Gasteiger partial charge in [-0.3, -0.25) is 0 Å². The zero-order valence-corrected chi connectivity index (χ0v) is 9.95. The van der Waals surface area contributed by atoms with E-state index in [4.69, 9.17) is 15.2 Å². The van der Waals surface area contributed by atoms with Crippen LogP contribution in [0.15, 0.2) is 0 Å². The van der Waals surface area contributed by atoms with Crippen molar-refractivity contribution in [1.29, 1.82) is 0 Å². The summed E-state index contributed by atoms with van der Waals surface area (Å²) in [6, 6.07) is 0. The van der Waals surface area contributed by atoms with Crippen molar-refractivity contribution in [3.05, 3.63) is 0 Å². The van der Waals surface area contributed by atoms with Gasteiger partial charge in [-0.05, 0) is 19.8 Å². The Morgan fingerprint density at radius 3 is 3.07 bits per heavy atom. The molecule has 90 valence electrons. The second kappa shape index (κ2) is 7.17. The molecule has 4 nitrogen and oxygen atoms in total. The van der Waals surface area contributed by atoms with E-state index < -0.39 is 0 Å². The van der Waals surface area contributed by atoms with E-state index in [2.05, 4.69) is 11.8 Å². The molecule has 1 heterocycles. The van der Waals surface area contributed by atoms with Crippen LogP contribution in [0.2, 0.25) is 0 Å². The lowest BCUT2D eigenvalue weighted by atomic mass is 10.2. The highest BCUT2D eigenvalue weighted by Gasteiger charge is 2.15. The van der Waals surface area contributed by atoms with Crippen LogP contribution in [0.3, 0.4) is 0 Å². The first-order valence-corrected chi connectivity index (χ1v) is 5.83. The summed E-state index contributed by atoms with van der Waals surface area (Å²) in [6.07, 6.45) is 2.69. The molecule has 2 unspecified atom stereocenters. The van der Waals surface area contributed by atoms with Crippen molar-refractivity contribution in [3.8, 4) is 0 Å². The lowest BCUT2D eigenvalue weighted by Crippen LogP contribution is -2.34. The fraction of sp³-hybridized carbons (Fsp3) is 1.00. The molecule has 1 aliphatic heterocycles. The molecule has 15 heavy (non-hydrogen) atoms. The minimum atomic E-state index is 0.199. The maximum absolute atomic E-state index is 5.59. The first-order valence-electron chi connectivity index (χ1n) is 5.83. The van der Waals surface area contributed by atoms with Gasteiger partial charge in [-0.1, -0.05) is 0 Å². The molecule has 0 bridgehead atoms. The average Bonchev–Trinajstić information content (AvgIpc) is 2.44. The summed E-state index contributed by atoms with van der Waals surface area (Å²) in [5, 5.41) is 0. The topological polar surface area (TPSA) is 47.7 Å². The van der Waals surface area contributed by atoms with Gasteiger partial charge in [0.15, 0.2) is 0 Å². The molecule has 2 N–H and O–H groups in total. The van der Waals surface area contributed by atoms with Crippen LogP contribution in [0.5, 0.6) is 0 Å². The van der Waals surface area contributed by atoms with Crippen molar-refractivity contribution in [2.24, 2.45) is 5.73 Å². The predicted octanol–water partition coefficient (Wildman–Crippen LogP) is 0.461. The molecule has 1 saturated heterocycles. The number of rotatable bonds is 5. The zero-order chi connectivity index (χ0) is 11.1. The Morgan fingerprint density at radius 1 is 1.60 bits per heavy atom. The minimum absolute atomic E-state index is 0.199. The molecule has 0 aromatic carbocycles. The van der Waals surface area contributed by atoms with Crippen LogP contribution in [-0.4, -0.2) is 57.0 Å². The molecular weight excluding hydrogens is 192 g/mol. The summed E-state index contributed by atoms with van der Waals surface area (Å²) in [6.45, 7) is 6.85. The second-order valence-electron chi connectivity index (χ2n) is 4.22. The van der Waals surface area contributed by atoms with Gasteiger partial charge in [0.05, 0.1) is 12.2 Å². The van der Waals surface area contributed by atoms with Crippen molar-refractivity contribution in [2.75, 3.05) is 39.9 Å². The van der Waals surface area contributed by atoms with Gasteiger partial charge in [-0.15, -0.1) is 0 Å². The van der Waals surface area contributed by atoms with Crippen molar-refractivity contribution in [3.63, 3.8) is 0 Å². The first kappa shape index (κ1) is 12.9. The van der Waals surface area contributed by atoms with Crippen LogP contribution >= 0.6 is 0 Å². The highest BCUT2D eigenvalue weighted by Crippen LogP contribution is 2.07. The molecule has 0 aromatic rings. The molecule has 0 amide bonds. The number of nitrogens with two attached hydrogens (primary N) is 1.